The van der Waals surface area contributed by atoms with Crippen molar-refractivity contribution in [1.29, 1.82) is 0 Å². The summed E-state index contributed by atoms with van der Waals surface area (Å²) in [5.41, 5.74) is 1.000. The van der Waals surface area contributed by atoms with E-state index in [1.807, 2.05) is 24.3 Å². The molecule has 1 aromatic rings. The number of aryl methyl sites for hydroxylation is 1. The maximum Gasteiger partial charge on any atom is 0.325 e. The van der Waals surface area contributed by atoms with Crippen molar-refractivity contribution in [2.75, 3.05) is 13.7 Å². The Morgan fingerprint density at radius 1 is 1.36 bits per heavy atom. The van der Waals surface area contributed by atoms with Gasteiger partial charge in [0.15, 0.2) is 0 Å². The predicted octanol–water partition coefficient (Wildman–Crippen LogP) is 1.33. The average Bonchev–Trinajstić information content (AvgIpc) is 2.77. The molecule has 1 aliphatic heterocycles. The highest BCUT2D eigenvalue weighted by Gasteiger charge is 2.53. The van der Waals surface area contributed by atoms with Gasteiger partial charge in [0.25, 0.3) is 5.91 Å². The Balaban J connectivity index is 1.89. The molecule has 0 saturated carbocycles. The summed E-state index contributed by atoms with van der Waals surface area (Å²) in [6, 6.07) is 7.27. The summed E-state index contributed by atoms with van der Waals surface area (Å²) in [5, 5.41) is 2.85. The topological polar surface area (TPSA) is 75.7 Å². The Bertz CT molecular complexity index is 643. The highest BCUT2D eigenvalue weighted by atomic mass is 16.5. The second-order valence-electron chi connectivity index (χ2n) is 5.63. The number of nitrogens with one attached hydrogen (secondary N) is 1. The molecule has 0 bridgehead atoms. The van der Waals surface area contributed by atoms with Crippen LogP contribution >= 0.6 is 0 Å². The molecule has 6 nitrogen and oxygen atoms in total. The Hall–Kier alpha value is -2.37. The number of imide groups is 1. The number of benzene rings is 1. The molecule has 1 aromatic carbocycles. The first-order chi connectivity index (χ1) is 10.6. The predicted molar refractivity (Wildman–Crippen MR) is 77.9 cm³/mol. The Morgan fingerprint density at radius 3 is 2.91 bits per heavy atom. The van der Waals surface area contributed by atoms with Crippen molar-refractivity contribution in [1.82, 2.24) is 10.2 Å². The van der Waals surface area contributed by atoms with Gasteiger partial charge in [-0.05, 0) is 30.4 Å². The van der Waals surface area contributed by atoms with E-state index in [1.165, 1.54) is 7.11 Å². The molecule has 3 rings (SSSR count). The molecular weight excluding hydrogens is 284 g/mol. The zero-order valence-corrected chi connectivity index (χ0v) is 12.4. The number of hydrogen-bond acceptors (Lipinski definition) is 4. The highest BCUT2D eigenvalue weighted by Crippen LogP contribution is 2.39. The first-order valence-electron chi connectivity index (χ1n) is 7.38. The minimum absolute atomic E-state index is 0.00733. The number of ether oxygens (including phenoxy) is 1. The number of nitrogens with zero attached hydrogens (tertiary/aromatic N) is 1. The maximum absolute atomic E-state index is 12.8. The first kappa shape index (κ1) is 14.6. The van der Waals surface area contributed by atoms with Crippen LogP contribution in [0, 0.1) is 0 Å². The summed E-state index contributed by atoms with van der Waals surface area (Å²) in [4.78, 5) is 37.4. The van der Waals surface area contributed by atoms with Crippen LogP contribution in [0.2, 0.25) is 0 Å². The molecule has 1 aliphatic carbocycles. The molecule has 1 saturated heterocycles. The number of methoxy groups -OCH3 is 1. The Labute approximate surface area is 128 Å². The molecule has 1 fully saturated rings. The van der Waals surface area contributed by atoms with Gasteiger partial charge in [-0.1, -0.05) is 24.3 Å². The molecule has 0 unspecified atom stereocenters. The van der Waals surface area contributed by atoms with Crippen LogP contribution in [0.15, 0.2) is 24.3 Å². The van der Waals surface area contributed by atoms with Crippen LogP contribution in [0.1, 0.15) is 30.4 Å². The molecule has 2 aliphatic rings. The van der Waals surface area contributed by atoms with Crippen molar-refractivity contribution in [2.45, 2.75) is 31.2 Å². The summed E-state index contributed by atoms with van der Waals surface area (Å²) < 4.78 is 4.57. The molecule has 22 heavy (non-hydrogen) atoms. The van der Waals surface area contributed by atoms with E-state index in [1.54, 1.807) is 0 Å². The summed E-state index contributed by atoms with van der Waals surface area (Å²) in [5.74, 6) is -0.709. The molecular formula is C16H18N2O4. The SMILES string of the molecule is COC(=O)CCN1C(=O)N[C@@]2(CCCc3ccccc32)C1=O. The van der Waals surface area contributed by atoms with Gasteiger partial charge in [-0.25, -0.2) is 4.79 Å². The number of esters is 1. The third-order valence-electron chi connectivity index (χ3n) is 4.42. The van der Waals surface area contributed by atoms with Crippen LogP contribution in [0.3, 0.4) is 0 Å². The molecule has 1 heterocycles. The van der Waals surface area contributed by atoms with Crippen molar-refractivity contribution in [2.24, 2.45) is 0 Å². The monoisotopic (exact) mass is 302 g/mol. The van der Waals surface area contributed by atoms with Gasteiger partial charge in [0, 0.05) is 6.54 Å². The van der Waals surface area contributed by atoms with Gasteiger partial charge >= 0.3 is 12.0 Å². The summed E-state index contributed by atoms with van der Waals surface area (Å²) in [7, 11) is 1.28. The van der Waals surface area contributed by atoms with Gasteiger partial charge in [-0.15, -0.1) is 0 Å². The third-order valence-corrected chi connectivity index (χ3v) is 4.42. The van der Waals surface area contributed by atoms with E-state index in [9.17, 15) is 14.4 Å². The third kappa shape index (κ3) is 2.15. The molecule has 1 N–H and O–H groups in total. The number of fused-ring (bicyclic) bond motifs is 2. The second-order valence-corrected chi connectivity index (χ2v) is 5.63. The zero-order chi connectivity index (χ0) is 15.7. The Kier molecular flexibility index (Phi) is 3.60. The van der Waals surface area contributed by atoms with Crippen molar-refractivity contribution in [3.63, 3.8) is 0 Å². The lowest BCUT2D eigenvalue weighted by molar-refractivity contribution is -0.141. The van der Waals surface area contributed by atoms with Gasteiger partial charge in [-0.2, -0.15) is 0 Å². The van der Waals surface area contributed by atoms with Gasteiger partial charge in [0.2, 0.25) is 0 Å². The van der Waals surface area contributed by atoms with Crippen LogP contribution in [-0.2, 0) is 26.3 Å². The molecule has 3 amide bonds. The molecule has 0 radical (unpaired) electrons. The lowest BCUT2D eigenvalue weighted by Gasteiger charge is -2.33. The lowest BCUT2D eigenvalue weighted by atomic mass is 9.76. The standard InChI is InChI=1S/C16H18N2O4/c1-22-13(19)8-10-18-14(20)16(17-15(18)21)9-4-6-11-5-2-3-7-12(11)16/h2-3,5,7H,4,6,8-10H2,1H3,(H,17,21)/t16-/m1/s1. The van der Waals surface area contributed by atoms with Gasteiger partial charge in [0.1, 0.15) is 5.54 Å². The minimum Gasteiger partial charge on any atom is -0.469 e. The molecule has 1 atom stereocenters. The number of carbonyl (C=O) groups excluding carboxylic acids is 3. The van der Waals surface area contributed by atoms with E-state index in [2.05, 4.69) is 10.1 Å². The first-order valence-corrected chi connectivity index (χ1v) is 7.38. The van der Waals surface area contributed by atoms with Gasteiger partial charge < -0.3 is 10.1 Å². The van der Waals surface area contributed by atoms with Crippen molar-refractivity contribution < 1.29 is 19.1 Å². The zero-order valence-electron chi connectivity index (χ0n) is 12.4. The number of amides is 3. The smallest absolute Gasteiger partial charge is 0.325 e. The molecule has 1 spiro atoms. The maximum atomic E-state index is 12.8. The quantitative estimate of drug-likeness (QED) is 0.675. The largest absolute Gasteiger partial charge is 0.469 e. The van der Waals surface area contributed by atoms with E-state index in [4.69, 9.17) is 0 Å². The Morgan fingerprint density at radius 2 is 2.14 bits per heavy atom. The van der Waals surface area contributed by atoms with E-state index in [0.29, 0.717) is 6.42 Å². The number of rotatable bonds is 3. The highest BCUT2D eigenvalue weighted by molar-refractivity contribution is 6.08. The van der Waals surface area contributed by atoms with E-state index in [0.717, 1.165) is 28.9 Å². The van der Waals surface area contributed by atoms with Gasteiger partial charge in [-0.3, -0.25) is 14.5 Å². The summed E-state index contributed by atoms with van der Waals surface area (Å²) in [6.45, 7) is 0.0429. The van der Waals surface area contributed by atoms with Crippen LogP contribution in [0.5, 0.6) is 0 Å². The fourth-order valence-electron chi connectivity index (χ4n) is 3.32. The van der Waals surface area contributed by atoms with E-state index in [-0.39, 0.29) is 18.9 Å². The van der Waals surface area contributed by atoms with Crippen molar-refractivity contribution in [3.8, 4) is 0 Å². The minimum atomic E-state index is -0.970. The van der Waals surface area contributed by atoms with Gasteiger partial charge in [0.05, 0.1) is 13.5 Å². The normalized spacial score (nSPS) is 23.4. The second kappa shape index (κ2) is 5.44. The van der Waals surface area contributed by atoms with Crippen LogP contribution in [-0.4, -0.2) is 36.5 Å². The van der Waals surface area contributed by atoms with Crippen LogP contribution in [0.25, 0.3) is 0 Å². The molecule has 0 aromatic heterocycles. The van der Waals surface area contributed by atoms with Crippen LogP contribution in [0.4, 0.5) is 4.79 Å². The molecule has 6 heteroatoms. The average molecular weight is 302 g/mol. The fraction of sp³-hybridized carbons (Fsp3) is 0.438. The van der Waals surface area contributed by atoms with E-state index < -0.39 is 17.5 Å². The molecule has 116 valence electrons. The van der Waals surface area contributed by atoms with Crippen LogP contribution < -0.4 is 5.32 Å². The van der Waals surface area contributed by atoms with E-state index >= 15 is 0 Å². The lowest BCUT2D eigenvalue weighted by Crippen LogP contribution is -2.46. The number of carbonyl (C=O) groups is 3. The van der Waals surface area contributed by atoms with Crippen molar-refractivity contribution in [3.05, 3.63) is 35.4 Å². The fourth-order valence-corrected chi connectivity index (χ4v) is 3.32. The summed E-state index contributed by atoms with van der Waals surface area (Å²) in [6.07, 6.45) is 2.34. The van der Waals surface area contributed by atoms with Crippen molar-refractivity contribution >= 4 is 17.9 Å². The number of hydrogen-bond donors (Lipinski definition) is 1. The number of urea groups is 1. The summed E-state index contributed by atoms with van der Waals surface area (Å²) >= 11 is 0.